The van der Waals surface area contributed by atoms with E-state index >= 15 is 0 Å². The second-order valence-electron chi connectivity index (χ2n) is 8.40. The normalized spacial score (nSPS) is 14.7. The SMILES string of the molecule is Cc1ccc(S(=O)(=O)NC2=C(C#Cc3ccccc3)c3ccc(F)cc3[C@H]2c2ccccc2)cc1. The van der Waals surface area contributed by atoms with Crippen LogP contribution in [0.3, 0.4) is 0 Å². The topological polar surface area (TPSA) is 46.2 Å². The first-order valence-corrected chi connectivity index (χ1v) is 12.7. The van der Waals surface area contributed by atoms with Gasteiger partial charge >= 0.3 is 0 Å². The number of fused-ring (bicyclic) bond motifs is 1. The fourth-order valence-electron chi connectivity index (χ4n) is 4.26. The van der Waals surface area contributed by atoms with Crippen LogP contribution in [0, 0.1) is 24.6 Å². The van der Waals surface area contributed by atoms with Gasteiger partial charge in [0.15, 0.2) is 0 Å². The third-order valence-electron chi connectivity index (χ3n) is 5.97. The number of sulfonamides is 1. The van der Waals surface area contributed by atoms with Gasteiger partial charge in [-0.1, -0.05) is 84.1 Å². The first kappa shape index (κ1) is 22.6. The number of hydrogen-bond acceptors (Lipinski definition) is 2. The Kier molecular flexibility index (Phi) is 5.98. The van der Waals surface area contributed by atoms with E-state index in [1.54, 1.807) is 30.3 Å². The highest BCUT2D eigenvalue weighted by atomic mass is 32.2. The zero-order chi connectivity index (χ0) is 24.4. The van der Waals surface area contributed by atoms with Crippen molar-refractivity contribution in [1.82, 2.24) is 4.72 Å². The van der Waals surface area contributed by atoms with Crippen LogP contribution in [-0.2, 0) is 10.0 Å². The third-order valence-corrected chi connectivity index (χ3v) is 7.35. The smallest absolute Gasteiger partial charge is 0.261 e. The third kappa shape index (κ3) is 4.62. The van der Waals surface area contributed by atoms with Gasteiger partial charge in [0.05, 0.1) is 22.1 Å². The summed E-state index contributed by atoms with van der Waals surface area (Å²) in [5, 5.41) is 0. The van der Waals surface area contributed by atoms with Gasteiger partial charge in [-0.3, -0.25) is 4.72 Å². The predicted octanol–water partition coefficient (Wildman–Crippen LogP) is 6.02. The first-order chi connectivity index (χ1) is 16.9. The van der Waals surface area contributed by atoms with Gasteiger partial charge in [-0.2, -0.15) is 0 Å². The van der Waals surface area contributed by atoms with Gasteiger partial charge in [0, 0.05) is 5.56 Å². The van der Waals surface area contributed by atoms with Crippen LogP contribution in [0.25, 0.3) is 5.57 Å². The summed E-state index contributed by atoms with van der Waals surface area (Å²) in [5.41, 5.74) is 4.95. The fraction of sp³-hybridized carbons (Fsp3) is 0.0667. The van der Waals surface area contributed by atoms with Gasteiger partial charge < -0.3 is 0 Å². The van der Waals surface area contributed by atoms with Crippen LogP contribution in [0.15, 0.2) is 114 Å². The van der Waals surface area contributed by atoms with Crippen LogP contribution in [0.5, 0.6) is 0 Å². The van der Waals surface area contributed by atoms with Gasteiger partial charge in [-0.15, -0.1) is 0 Å². The zero-order valence-electron chi connectivity index (χ0n) is 19.0. The predicted molar refractivity (Wildman–Crippen MR) is 136 cm³/mol. The summed E-state index contributed by atoms with van der Waals surface area (Å²) in [5.74, 6) is 5.43. The minimum atomic E-state index is -3.91. The number of benzene rings is 4. The monoisotopic (exact) mass is 479 g/mol. The molecule has 1 aliphatic rings. The molecule has 0 saturated heterocycles. The maximum absolute atomic E-state index is 14.4. The molecule has 0 amide bonds. The van der Waals surface area contributed by atoms with Crippen molar-refractivity contribution in [2.24, 2.45) is 0 Å². The standard InChI is InChI=1S/C30H22FNO2S/c1-21-12-16-25(17-13-21)35(33,34)32-30-27(18-14-22-8-4-2-5-9-22)26-19-15-24(31)20-28(26)29(30)23-10-6-3-7-11-23/h2-13,15-17,19-20,29,32H,1H3/t29-/m1/s1. The second kappa shape index (κ2) is 9.25. The lowest BCUT2D eigenvalue weighted by atomic mass is 9.91. The van der Waals surface area contributed by atoms with Crippen molar-refractivity contribution >= 4 is 15.6 Å². The molecule has 0 radical (unpaired) electrons. The second-order valence-corrected chi connectivity index (χ2v) is 10.1. The van der Waals surface area contributed by atoms with Crippen molar-refractivity contribution in [3.63, 3.8) is 0 Å². The Bertz CT molecular complexity index is 1580. The van der Waals surface area contributed by atoms with E-state index < -0.39 is 15.9 Å². The van der Waals surface area contributed by atoms with E-state index in [0.29, 0.717) is 22.4 Å². The number of aryl methyl sites for hydroxylation is 1. The largest absolute Gasteiger partial charge is 0.281 e. The van der Waals surface area contributed by atoms with Gasteiger partial charge in [0.1, 0.15) is 5.82 Å². The molecule has 0 fully saturated rings. The molecule has 1 atom stereocenters. The van der Waals surface area contributed by atoms with Crippen LogP contribution in [-0.4, -0.2) is 8.42 Å². The van der Waals surface area contributed by atoms with E-state index in [2.05, 4.69) is 16.6 Å². The van der Waals surface area contributed by atoms with Crippen molar-refractivity contribution in [2.45, 2.75) is 17.7 Å². The number of rotatable bonds is 4. The Labute approximate surface area is 205 Å². The van der Waals surface area contributed by atoms with Gasteiger partial charge in [-0.25, -0.2) is 12.8 Å². The summed E-state index contributed by atoms with van der Waals surface area (Å²) < 4.78 is 44.1. The molecule has 4 aromatic rings. The quantitative estimate of drug-likeness (QED) is 0.364. The molecule has 1 aliphatic carbocycles. The molecule has 0 spiro atoms. The lowest BCUT2D eigenvalue weighted by Crippen LogP contribution is -2.26. The minimum absolute atomic E-state index is 0.153. The molecule has 3 nitrogen and oxygen atoms in total. The van der Waals surface area contributed by atoms with Crippen LogP contribution in [0.4, 0.5) is 4.39 Å². The lowest BCUT2D eigenvalue weighted by Gasteiger charge is -2.19. The minimum Gasteiger partial charge on any atom is -0.281 e. The number of nitrogens with one attached hydrogen (secondary N) is 1. The van der Waals surface area contributed by atoms with Crippen molar-refractivity contribution in [3.05, 3.63) is 142 Å². The van der Waals surface area contributed by atoms with Gasteiger partial charge in [-0.05, 0) is 60.0 Å². The molecule has 0 saturated carbocycles. The van der Waals surface area contributed by atoms with Crippen LogP contribution < -0.4 is 4.72 Å². The average molecular weight is 480 g/mol. The molecule has 5 rings (SSSR count). The van der Waals surface area contributed by atoms with Crippen LogP contribution >= 0.6 is 0 Å². The maximum atomic E-state index is 14.4. The molecule has 5 heteroatoms. The summed E-state index contributed by atoms with van der Waals surface area (Å²) >= 11 is 0. The van der Waals surface area contributed by atoms with E-state index in [1.165, 1.54) is 12.1 Å². The van der Waals surface area contributed by atoms with Crippen molar-refractivity contribution in [1.29, 1.82) is 0 Å². The summed E-state index contributed by atoms with van der Waals surface area (Å²) in [6, 6.07) is 30.1. The molecule has 35 heavy (non-hydrogen) atoms. The molecular formula is C30H22FNO2S. The van der Waals surface area contributed by atoms with Gasteiger partial charge in [0.2, 0.25) is 0 Å². The molecule has 0 aliphatic heterocycles. The van der Waals surface area contributed by atoms with E-state index in [9.17, 15) is 12.8 Å². The first-order valence-electron chi connectivity index (χ1n) is 11.2. The summed E-state index contributed by atoms with van der Waals surface area (Å²) in [6.45, 7) is 1.90. The highest BCUT2D eigenvalue weighted by Crippen LogP contribution is 2.45. The van der Waals surface area contributed by atoms with E-state index in [0.717, 1.165) is 16.7 Å². The number of allylic oxidation sites excluding steroid dienone is 2. The molecular weight excluding hydrogens is 457 g/mol. The molecule has 0 unspecified atom stereocenters. The zero-order valence-corrected chi connectivity index (χ0v) is 19.8. The summed E-state index contributed by atoms with van der Waals surface area (Å²) in [7, 11) is -3.91. The highest BCUT2D eigenvalue weighted by Gasteiger charge is 2.35. The molecule has 4 aromatic carbocycles. The van der Waals surface area contributed by atoms with E-state index in [-0.39, 0.29) is 10.7 Å². The van der Waals surface area contributed by atoms with E-state index in [1.807, 2.05) is 67.6 Å². The molecule has 1 N–H and O–H groups in total. The Morgan fingerprint density at radius 2 is 1.46 bits per heavy atom. The summed E-state index contributed by atoms with van der Waals surface area (Å²) in [4.78, 5) is 0.153. The Morgan fingerprint density at radius 1 is 0.800 bits per heavy atom. The fourth-order valence-corrected chi connectivity index (χ4v) is 5.38. The molecule has 172 valence electrons. The van der Waals surface area contributed by atoms with E-state index in [4.69, 9.17) is 0 Å². The lowest BCUT2D eigenvalue weighted by molar-refractivity contribution is 0.587. The molecule has 0 bridgehead atoms. The van der Waals surface area contributed by atoms with Crippen molar-refractivity contribution < 1.29 is 12.8 Å². The Balaban J connectivity index is 1.71. The van der Waals surface area contributed by atoms with Crippen LogP contribution in [0.2, 0.25) is 0 Å². The van der Waals surface area contributed by atoms with Crippen molar-refractivity contribution in [2.75, 3.05) is 0 Å². The van der Waals surface area contributed by atoms with Crippen molar-refractivity contribution in [3.8, 4) is 11.8 Å². The number of hydrogen-bond donors (Lipinski definition) is 1. The number of halogens is 1. The Morgan fingerprint density at radius 3 is 2.14 bits per heavy atom. The average Bonchev–Trinajstić information content (AvgIpc) is 3.15. The maximum Gasteiger partial charge on any atom is 0.261 e. The summed E-state index contributed by atoms with van der Waals surface area (Å²) in [6.07, 6.45) is 0. The van der Waals surface area contributed by atoms with Crippen LogP contribution in [0.1, 0.15) is 33.7 Å². The molecule has 0 aromatic heterocycles. The molecule has 0 heterocycles. The highest BCUT2D eigenvalue weighted by molar-refractivity contribution is 7.89. The van der Waals surface area contributed by atoms with Gasteiger partial charge in [0.25, 0.3) is 10.0 Å². The Hall–Kier alpha value is -4.14.